The van der Waals surface area contributed by atoms with Crippen LogP contribution < -0.4 is 4.90 Å². The van der Waals surface area contributed by atoms with Crippen molar-refractivity contribution >= 4 is 60.9 Å². The van der Waals surface area contributed by atoms with Crippen LogP contribution in [-0.2, 0) is 0 Å². The monoisotopic (exact) mass is 653 g/mol. The van der Waals surface area contributed by atoms with Crippen molar-refractivity contribution in [3.8, 4) is 33.4 Å². The summed E-state index contributed by atoms with van der Waals surface area (Å²) in [4.78, 5) is 2.31. The molecule has 0 unspecified atom stereocenters. The molecule has 0 aliphatic rings. The van der Waals surface area contributed by atoms with E-state index in [1.165, 1.54) is 27.8 Å². The Labute approximate surface area is 295 Å². The predicted molar refractivity (Wildman–Crippen MR) is 212 cm³/mol. The van der Waals surface area contributed by atoms with E-state index in [0.29, 0.717) is 0 Å². The molecule has 0 fully saturated rings. The minimum atomic E-state index is 0.843. The number of furan rings is 2. The lowest BCUT2D eigenvalue weighted by atomic mass is 10.0. The number of fused-ring (bicyclic) bond motifs is 6. The molecule has 0 aliphatic carbocycles. The Hall–Kier alpha value is -6.84. The largest absolute Gasteiger partial charge is 0.456 e. The summed E-state index contributed by atoms with van der Waals surface area (Å²) in [5.41, 5.74) is 13.6. The third-order valence-electron chi connectivity index (χ3n) is 9.88. The predicted octanol–water partition coefficient (Wildman–Crippen LogP) is 14.0. The Bertz CT molecular complexity index is 2730. The van der Waals surface area contributed by atoms with E-state index >= 15 is 0 Å². The fourth-order valence-corrected chi connectivity index (χ4v) is 7.30. The van der Waals surface area contributed by atoms with Gasteiger partial charge in [0.2, 0.25) is 0 Å². The maximum Gasteiger partial charge on any atom is 0.136 e. The highest BCUT2D eigenvalue weighted by Gasteiger charge is 2.18. The van der Waals surface area contributed by atoms with Gasteiger partial charge in [0.05, 0.1) is 0 Å². The number of rotatable bonds is 6. The normalized spacial score (nSPS) is 11.5. The van der Waals surface area contributed by atoms with Gasteiger partial charge in [-0.25, -0.2) is 0 Å². The zero-order valence-corrected chi connectivity index (χ0v) is 27.7. The highest BCUT2D eigenvalue weighted by molar-refractivity contribution is 6.15. The summed E-state index contributed by atoms with van der Waals surface area (Å²) in [6, 6.07) is 66.2. The van der Waals surface area contributed by atoms with Crippen molar-refractivity contribution in [2.45, 2.75) is 0 Å². The lowest BCUT2D eigenvalue weighted by molar-refractivity contribution is 0.664. The van der Waals surface area contributed by atoms with Gasteiger partial charge in [0.25, 0.3) is 0 Å². The van der Waals surface area contributed by atoms with Crippen LogP contribution in [0.5, 0.6) is 0 Å². The molecular formula is C48H31NO2. The number of hydrogen-bond acceptors (Lipinski definition) is 3. The van der Waals surface area contributed by atoms with Crippen LogP contribution in [0.15, 0.2) is 197 Å². The van der Waals surface area contributed by atoms with E-state index in [4.69, 9.17) is 8.83 Å². The van der Waals surface area contributed by atoms with E-state index in [9.17, 15) is 0 Å². The highest BCUT2D eigenvalue weighted by atomic mass is 16.3. The van der Waals surface area contributed by atoms with Crippen molar-refractivity contribution in [2.24, 2.45) is 0 Å². The molecule has 8 aromatic carbocycles. The van der Waals surface area contributed by atoms with Gasteiger partial charge in [-0.3, -0.25) is 0 Å². The molecule has 10 rings (SSSR count). The van der Waals surface area contributed by atoms with Gasteiger partial charge < -0.3 is 13.7 Å². The van der Waals surface area contributed by atoms with Gasteiger partial charge in [0.15, 0.2) is 0 Å². The minimum absolute atomic E-state index is 0.843. The van der Waals surface area contributed by atoms with E-state index in [0.717, 1.165) is 66.5 Å². The van der Waals surface area contributed by atoms with Crippen molar-refractivity contribution < 1.29 is 8.83 Å². The van der Waals surface area contributed by atoms with Gasteiger partial charge in [-0.05, 0) is 100 Å². The van der Waals surface area contributed by atoms with E-state index in [1.54, 1.807) is 0 Å². The maximum atomic E-state index is 6.50. The molecule has 0 aliphatic heterocycles. The molecule has 0 amide bonds. The summed E-state index contributed by atoms with van der Waals surface area (Å²) in [5.74, 6) is 0. The van der Waals surface area contributed by atoms with Gasteiger partial charge >= 0.3 is 0 Å². The second-order valence-electron chi connectivity index (χ2n) is 13.0. The molecule has 2 aromatic heterocycles. The Morgan fingerprint density at radius 1 is 0.255 bits per heavy atom. The average Bonchev–Trinajstić information content (AvgIpc) is 3.75. The van der Waals surface area contributed by atoms with Crippen LogP contribution in [0.2, 0.25) is 0 Å². The van der Waals surface area contributed by atoms with Crippen LogP contribution in [0.25, 0.3) is 77.3 Å². The lowest BCUT2D eigenvalue weighted by Gasteiger charge is -2.26. The van der Waals surface area contributed by atoms with Crippen LogP contribution in [0.3, 0.4) is 0 Å². The number of anilines is 3. The Balaban J connectivity index is 1.09. The molecule has 0 saturated carbocycles. The third-order valence-corrected chi connectivity index (χ3v) is 9.88. The molecule has 0 saturated heterocycles. The van der Waals surface area contributed by atoms with E-state index in [1.807, 2.05) is 6.07 Å². The zero-order chi connectivity index (χ0) is 33.7. The van der Waals surface area contributed by atoms with Gasteiger partial charge in [0, 0.05) is 38.6 Å². The summed E-state index contributed by atoms with van der Waals surface area (Å²) in [5, 5.41) is 4.20. The van der Waals surface area contributed by atoms with Crippen molar-refractivity contribution in [3.63, 3.8) is 0 Å². The van der Waals surface area contributed by atoms with Crippen LogP contribution >= 0.6 is 0 Å². The highest BCUT2D eigenvalue weighted by Crippen LogP contribution is 2.42. The summed E-state index contributed by atoms with van der Waals surface area (Å²) < 4.78 is 13.0. The number of benzene rings is 8. The first-order valence-electron chi connectivity index (χ1n) is 17.2. The molecule has 0 bridgehead atoms. The van der Waals surface area contributed by atoms with Crippen molar-refractivity contribution in [3.05, 3.63) is 188 Å². The summed E-state index contributed by atoms with van der Waals surface area (Å²) in [7, 11) is 0. The van der Waals surface area contributed by atoms with Gasteiger partial charge in [-0.15, -0.1) is 0 Å². The summed E-state index contributed by atoms with van der Waals surface area (Å²) in [6.45, 7) is 0. The first-order chi connectivity index (χ1) is 25.2. The molecule has 240 valence electrons. The molecule has 3 nitrogen and oxygen atoms in total. The Morgan fingerprint density at radius 2 is 0.647 bits per heavy atom. The van der Waals surface area contributed by atoms with E-state index < -0.39 is 0 Å². The van der Waals surface area contributed by atoms with Crippen molar-refractivity contribution in [1.29, 1.82) is 0 Å². The molecule has 0 radical (unpaired) electrons. The molecule has 0 N–H and O–H groups in total. The van der Waals surface area contributed by atoms with Crippen LogP contribution in [0.1, 0.15) is 0 Å². The van der Waals surface area contributed by atoms with E-state index in [2.05, 4.69) is 187 Å². The van der Waals surface area contributed by atoms with Gasteiger partial charge in [-0.1, -0.05) is 121 Å². The topological polar surface area (TPSA) is 29.5 Å². The van der Waals surface area contributed by atoms with Crippen LogP contribution in [0.4, 0.5) is 17.1 Å². The number of hydrogen-bond donors (Lipinski definition) is 0. The lowest BCUT2D eigenvalue weighted by Crippen LogP contribution is -2.09. The first-order valence-corrected chi connectivity index (χ1v) is 17.2. The standard InChI is InChI=1S/C48H31NO2/c1-4-10-32(11-5-1)35-16-21-38(22-17-35)49(39-23-18-36(19-24-39)33-12-6-2-7-13-33)40-25-27-45-42(29-40)44-31-47-43(30-48(44)50-45)41-26-20-37(28-46(41)51-47)34-14-8-3-9-15-34/h1-31H. The summed E-state index contributed by atoms with van der Waals surface area (Å²) >= 11 is 0. The maximum absolute atomic E-state index is 6.50. The Kier molecular flexibility index (Phi) is 6.81. The molecule has 0 spiro atoms. The Morgan fingerprint density at radius 3 is 1.20 bits per heavy atom. The molecule has 10 aromatic rings. The second-order valence-corrected chi connectivity index (χ2v) is 13.0. The fraction of sp³-hybridized carbons (Fsp3) is 0. The van der Waals surface area contributed by atoms with Crippen molar-refractivity contribution in [2.75, 3.05) is 4.90 Å². The van der Waals surface area contributed by atoms with E-state index in [-0.39, 0.29) is 0 Å². The molecular weight excluding hydrogens is 623 g/mol. The SMILES string of the molecule is c1ccc(-c2ccc(N(c3ccc(-c4ccccc4)cc3)c3ccc4oc5cc6c(cc5c4c3)oc3cc(-c4ccccc4)ccc36)cc2)cc1. The third kappa shape index (κ3) is 5.15. The van der Waals surface area contributed by atoms with Gasteiger partial charge in [-0.2, -0.15) is 0 Å². The van der Waals surface area contributed by atoms with Crippen LogP contribution in [0, 0.1) is 0 Å². The quantitative estimate of drug-likeness (QED) is 0.179. The molecule has 51 heavy (non-hydrogen) atoms. The zero-order valence-electron chi connectivity index (χ0n) is 27.7. The second kappa shape index (κ2) is 11.9. The number of nitrogens with zero attached hydrogens (tertiary/aromatic N) is 1. The minimum Gasteiger partial charge on any atom is -0.456 e. The molecule has 3 heteroatoms. The fourth-order valence-electron chi connectivity index (χ4n) is 7.30. The molecule has 0 atom stereocenters. The van der Waals surface area contributed by atoms with Crippen LogP contribution in [-0.4, -0.2) is 0 Å². The van der Waals surface area contributed by atoms with Crippen molar-refractivity contribution in [1.82, 2.24) is 0 Å². The smallest absolute Gasteiger partial charge is 0.136 e. The summed E-state index contributed by atoms with van der Waals surface area (Å²) in [6.07, 6.45) is 0. The average molecular weight is 654 g/mol. The molecule has 2 heterocycles. The van der Waals surface area contributed by atoms with Gasteiger partial charge in [0.1, 0.15) is 22.3 Å². The first kappa shape index (κ1) is 29.1.